The Labute approximate surface area is 229 Å². The van der Waals surface area contributed by atoms with Gasteiger partial charge >= 0.3 is 0 Å². The Balaban J connectivity index is 1.26. The number of aromatic nitrogens is 4. The van der Waals surface area contributed by atoms with Crippen molar-refractivity contribution >= 4 is 17.7 Å². The Morgan fingerprint density at radius 3 is 2.68 bits per heavy atom. The number of rotatable bonds is 6. The molecule has 0 amide bonds. The lowest BCUT2D eigenvalue weighted by Crippen LogP contribution is -2.73. The number of hydrogen-bond acceptors (Lipinski definition) is 8. The molecule has 6 rings (SSSR count). The van der Waals surface area contributed by atoms with Crippen LogP contribution in [0.2, 0.25) is 0 Å². The highest BCUT2D eigenvalue weighted by Crippen LogP contribution is 2.46. The molecular weight excluding hydrogens is 506 g/mol. The van der Waals surface area contributed by atoms with Crippen LogP contribution in [0.15, 0.2) is 41.7 Å². The van der Waals surface area contributed by atoms with Gasteiger partial charge in [0.1, 0.15) is 23.4 Å². The Bertz CT molecular complexity index is 1460. The molecule has 2 N–H and O–H groups in total. The maximum absolute atomic E-state index is 16.0. The number of hydrogen-bond donors (Lipinski definition) is 2. The average Bonchev–Trinajstić information content (AvgIpc) is 3.73. The van der Waals surface area contributed by atoms with Crippen molar-refractivity contribution in [2.24, 2.45) is 0 Å². The fourth-order valence-electron chi connectivity index (χ4n) is 6.31. The first-order valence-electron chi connectivity index (χ1n) is 14.4. The van der Waals surface area contributed by atoms with Crippen LogP contribution in [-0.2, 0) is 0 Å². The summed E-state index contributed by atoms with van der Waals surface area (Å²) in [4.78, 5) is 10.4. The molecule has 2 saturated heterocycles. The number of alkyl halides is 1. The van der Waals surface area contributed by atoms with Crippen LogP contribution in [0.25, 0.3) is 22.4 Å². The lowest BCUT2D eigenvalue weighted by Gasteiger charge is -2.57. The maximum Gasteiger partial charge on any atom is 0.245 e. The first-order chi connectivity index (χ1) is 19.3. The van der Waals surface area contributed by atoms with Gasteiger partial charge in [-0.2, -0.15) is 0 Å². The van der Waals surface area contributed by atoms with Gasteiger partial charge in [-0.05, 0) is 82.3 Å². The summed E-state index contributed by atoms with van der Waals surface area (Å²) in [5.74, 6) is -0.429. The van der Waals surface area contributed by atoms with Crippen molar-refractivity contribution in [3.05, 3.63) is 42.5 Å². The number of fused-ring (bicyclic) bond motifs is 2. The zero-order valence-corrected chi connectivity index (χ0v) is 22.1. The second kappa shape index (κ2) is 9.41. The average molecular weight is 542 g/mol. The highest BCUT2D eigenvalue weighted by Gasteiger charge is 2.56. The van der Waals surface area contributed by atoms with Crippen molar-refractivity contribution in [2.45, 2.75) is 86.7 Å². The number of thioether (sulfide) groups is 1. The van der Waals surface area contributed by atoms with Crippen molar-refractivity contribution in [3.63, 3.8) is 0 Å². The Hall–Kier alpha value is -2.85. The SMILES string of the molecule is [2H]C([2H])([2H])Sc1cc(-c2ccc(-c3cnc(N(C4CC4)[C@H]4C[C@]5(C)CCC[C@@](C)(N5)[C@H]4F)nn3)c(O)c2)c(F)cn1. The molecule has 0 spiro atoms. The number of aromatic hydroxyl groups is 1. The van der Waals surface area contributed by atoms with E-state index in [2.05, 4.69) is 32.4 Å². The van der Waals surface area contributed by atoms with E-state index < -0.39 is 23.7 Å². The number of anilines is 1. The summed E-state index contributed by atoms with van der Waals surface area (Å²) in [5.41, 5.74) is 0.399. The van der Waals surface area contributed by atoms with E-state index in [9.17, 15) is 9.50 Å². The molecule has 1 aliphatic carbocycles. The van der Waals surface area contributed by atoms with Crippen molar-refractivity contribution in [1.29, 1.82) is 0 Å². The third-order valence-electron chi connectivity index (χ3n) is 8.22. The predicted octanol–water partition coefficient (Wildman–Crippen LogP) is 5.54. The van der Waals surface area contributed by atoms with Gasteiger partial charge < -0.3 is 15.3 Å². The van der Waals surface area contributed by atoms with E-state index >= 15 is 4.39 Å². The van der Waals surface area contributed by atoms with Crippen LogP contribution >= 0.6 is 11.8 Å². The van der Waals surface area contributed by atoms with Crippen LogP contribution in [-0.4, -0.2) is 60.8 Å². The van der Waals surface area contributed by atoms with Crippen molar-refractivity contribution in [3.8, 4) is 28.1 Å². The van der Waals surface area contributed by atoms with Crippen LogP contribution in [0.5, 0.6) is 5.75 Å². The molecule has 1 aromatic carbocycles. The van der Waals surface area contributed by atoms with Gasteiger partial charge in [-0.15, -0.1) is 22.0 Å². The lowest BCUT2D eigenvalue weighted by molar-refractivity contribution is 0.0000874. The van der Waals surface area contributed by atoms with E-state index in [1.807, 2.05) is 11.8 Å². The van der Waals surface area contributed by atoms with Gasteiger partial charge in [0.05, 0.1) is 23.5 Å². The minimum absolute atomic E-state index is 0.114. The summed E-state index contributed by atoms with van der Waals surface area (Å²) in [6, 6.07) is 5.73. The molecule has 1 saturated carbocycles. The standard InChI is InChI=1S/C28H32F2N6OS/c1-27-9-4-10-28(2,35-27)25(30)22(13-27)36(17-6-7-17)26-32-15-21(33-34-26)18-8-5-16(11-23(18)37)19-12-24(38-3)31-14-20(19)29/h5,8,11-12,14-15,17,22,25,35,37H,4,6-7,9-10,13H2,1-3H3/t22-,25-,27-,28+/m0/s1/i3D3. The normalized spacial score (nSPS) is 30.3. The highest BCUT2D eigenvalue weighted by molar-refractivity contribution is 7.98. The first-order valence-corrected chi connectivity index (χ1v) is 13.8. The molecule has 2 bridgehead atoms. The molecule has 10 heteroatoms. The van der Waals surface area contributed by atoms with Gasteiger partial charge in [0.2, 0.25) is 5.95 Å². The molecule has 0 unspecified atom stereocenters. The van der Waals surface area contributed by atoms with Crippen LogP contribution in [0, 0.1) is 5.82 Å². The van der Waals surface area contributed by atoms with E-state index in [1.54, 1.807) is 12.1 Å². The summed E-state index contributed by atoms with van der Waals surface area (Å²) >= 11 is 0.549. The molecule has 2 aliphatic heterocycles. The van der Waals surface area contributed by atoms with Crippen LogP contribution in [0.4, 0.5) is 14.7 Å². The van der Waals surface area contributed by atoms with E-state index in [4.69, 9.17) is 4.11 Å². The summed E-state index contributed by atoms with van der Waals surface area (Å²) in [6.45, 7) is 4.15. The third-order valence-corrected chi connectivity index (χ3v) is 8.65. The minimum Gasteiger partial charge on any atom is -0.507 e. The van der Waals surface area contributed by atoms with Gasteiger partial charge in [-0.3, -0.25) is 0 Å². The van der Waals surface area contributed by atoms with E-state index in [0.29, 0.717) is 41.0 Å². The Morgan fingerprint density at radius 1 is 1.13 bits per heavy atom. The van der Waals surface area contributed by atoms with Gasteiger partial charge in [0, 0.05) is 32.4 Å². The molecule has 2 aromatic heterocycles. The van der Waals surface area contributed by atoms with Gasteiger partial charge in [0.25, 0.3) is 0 Å². The quantitative estimate of drug-likeness (QED) is 0.394. The summed E-state index contributed by atoms with van der Waals surface area (Å²) < 4.78 is 52.9. The first kappa shape index (κ1) is 22.0. The molecule has 4 heterocycles. The second-order valence-electron chi connectivity index (χ2n) is 11.2. The summed E-state index contributed by atoms with van der Waals surface area (Å²) in [5, 5.41) is 23.3. The smallest absolute Gasteiger partial charge is 0.245 e. The number of halogens is 2. The van der Waals surface area contributed by atoms with E-state index in [-0.39, 0.29) is 34.0 Å². The highest BCUT2D eigenvalue weighted by atomic mass is 32.2. The second-order valence-corrected chi connectivity index (χ2v) is 11.9. The lowest BCUT2D eigenvalue weighted by atomic mass is 9.68. The number of pyridine rings is 1. The zero-order valence-electron chi connectivity index (χ0n) is 24.3. The predicted molar refractivity (Wildman–Crippen MR) is 144 cm³/mol. The van der Waals surface area contributed by atoms with Crippen molar-refractivity contribution in [2.75, 3.05) is 11.1 Å². The molecule has 4 atom stereocenters. The fraction of sp³-hybridized carbons (Fsp3) is 0.500. The summed E-state index contributed by atoms with van der Waals surface area (Å²) in [7, 11) is 0. The zero-order chi connectivity index (χ0) is 29.2. The molecule has 0 radical (unpaired) electrons. The molecule has 38 heavy (non-hydrogen) atoms. The van der Waals surface area contributed by atoms with Gasteiger partial charge in [0.15, 0.2) is 0 Å². The number of piperidine rings is 2. The Morgan fingerprint density at radius 2 is 1.97 bits per heavy atom. The topological polar surface area (TPSA) is 87.1 Å². The Kier molecular flexibility index (Phi) is 5.45. The molecule has 3 aromatic rings. The molecule has 200 valence electrons. The number of benzene rings is 1. The number of phenols is 1. The number of nitrogens with zero attached hydrogens (tertiary/aromatic N) is 5. The minimum atomic E-state index is -2.32. The molecular formula is C28H32F2N6OS. The van der Waals surface area contributed by atoms with Gasteiger partial charge in [-0.25, -0.2) is 18.7 Å². The van der Waals surface area contributed by atoms with E-state index in [1.165, 1.54) is 18.3 Å². The van der Waals surface area contributed by atoms with E-state index in [0.717, 1.165) is 38.3 Å². The van der Waals surface area contributed by atoms with Gasteiger partial charge in [-0.1, -0.05) is 6.07 Å². The van der Waals surface area contributed by atoms with Crippen LogP contribution in [0.3, 0.4) is 0 Å². The van der Waals surface area contributed by atoms with Crippen LogP contribution in [0.1, 0.15) is 56.5 Å². The number of phenolic OH excluding ortho intramolecular Hbond substituents is 1. The largest absolute Gasteiger partial charge is 0.507 e. The third kappa shape index (κ3) is 4.51. The molecule has 3 fully saturated rings. The van der Waals surface area contributed by atoms with Crippen LogP contribution < -0.4 is 10.2 Å². The fourth-order valence-corrected chi connectivity index (χ4v) is 6.59. The van der Waals surface area contributed by atoms with Crippen molar-refractivity contribution in [1.82, 2.24) is 25.5 Å². The maximum atomic E-state index is 16.0. The molecule has 7 nitrogen and oxygen atoms in total. The number of nitrogens with one attached hydrogen (secondary N) is 1. The summed E-state index contributed by atoms with van der Waals surface area (Å²) in [6.07, 6.45) is 4.43. The monoisotopic (exact) mass is 541 g/mol. The molecule has 3 aliphatic rings. The van der Waals surface area contributed by atoms with Crippen molar-refractivity contribution < 1.29 is 18.0 Å².